The van der Waals surface area contributed by atoms with E-state index >= 15 is 0 Å². The van der Waals surface area contributed by atoms with Crippen LogP contribution in [0.25, 0.3) is 22.3 Å². The number of rotatable bonds is 4. The summed E-state index contributed by atoms with van der Waals surface area (Å²) in [5.74, 6) is -0.543. The average Bonchev–Trinajstić information content (AvgIpc) is 3.03. The minimum Gasteiger partial charge on any atom is -0.203 e. The Bertz CT molecular complexity index is 1550. The summed E-state index contributed by atoms with van der Waals surface area (Å²) in [5.41, 5.74) is 5.49. The first-order valence-electron chi connectivity index (χ1n) is 16.2. The maximum Gasteiger partial charge on any atom is 0.166 e. The Kier molecular flexibility index (Phi) is 10.3. The Labute approximate surface area is 262 Å². The van der Waals surface area contributed by atoms with Crippen molar-refractivity contribution in [2.75, 3.05) is 0 Å². The van der Waals surface area contributed by atoms with Gasteiger partial charge in [-0.05, 0) is 91.0 Å². The van der Waals surface area contributed by atoms with Gasteiger partial charge < -0.3 is 0 Å². The molecule has 2 fully saturated rings. The van der Waals surface area contributed by atoms with E-state index in [4.69, 9.17) is 0 Å². The molecule has 0 aliphatic heterocycles. The highest BCUT2D eigenvalue weighted by Crippen LogP contribution is 2.39. The van der Waals surface area contributed by atoms with Crippen LogP contribution in [0.1, 0.15) is 101 Å². The molecule has 234 valence electrons. The first-order chi connectivity index (χ1) is 21.1. The van der Waals surface area contributed by atoms with Crippen molar-refractivity contribution in [2.45, 2.75) is 90.9 Å². The highest BCUT2D eigenvalue weighted by molar-refractivity contribution is 5.66. The topological polar surface area (TPSA) is 0 Å². The van der Waals surface area contributed by atoms with Crippen LogP contribution in [0.5, 0.6) is 0 Å². The summed E-state index contributed by atoms with van der Waals surface area (Å²) < 4.78 is 56.8. The van der Waals surface area contributed by atoms with E-state index in [0.717, 1.165) is 48.3 Å². The first kappa shape index (κ1) is 32.0. The molecule has 0 amide bonds. The van der Waals surface area contributed by atoms with Crippen molar-refractivity contribution in [1.82, 2.24) is 0 Å². The van der Waals surface area contributed by atoms with E-state index in [0.29, 0.717) is 34.1 Å². The van der Waals surface area contributed by atoms with Crippen LogP contribution in [0, 0.1) is 49.0 Å². The van der Waals surface area contributed by atoms with E-state index in [1.54, 1.807) is 31.2 Å². The molecule has 0 heterocycles. The second-order valence-electron chi connectivity index (χ2n) is 13.3. The average molecular weight is 603 g/mol. The summed E-state index contributed by atoms with van der Waals surface area (Å²) in [5, 5.41) is 0. The lowest BCUT2D eigenvalue weighted by Gasteiger charge is -2.27. The molecule has 0 nitrogen and oxygen atoms in total. The first-order valence-corrected chi connectivity index (χ1v) is 16.2. The minimum absolute atomic E-state index is 0. The van der Waals surface area contributed by atoms with E-state index in [9.17, 15) is 17.6 Å². The Hall–Kier alpha value is -3.40. The molecule has 2 aliphatic carbocycles. The predicted octanol–water partition coefficient (Wildman–Crippen LogP) is 12.7. The van der Waals surface area contributed by atoms with Crippen molar-refractivity contribution in [3.05, 3.63) is 118 Å². The van der Waals surface area contributed by atoms with Gasteiger partial charge in [-0.2, -0.15) is 0 Å². The normalized spacial score (nSPS) is 21.8. The van der Waals surface area contributed by atoms with Gasteiger partial charge in [0.1, 0.15) is 0 Å². The fraction of sp³-hybridized carbons (Fsp3) is 0.400. The molecule has 6 rings (SSSR count). The molecular formula is C40H46F4. The quantitative estimate of drug-likeness (QED) is 0.204. The highest BCUT2D eigenvalue weighted by Gasteiger charge is 2.25. The van der Waals surface area contributed by atoms with Crippen molar-refractivity contribution in [3.8, 4) is 22.3 Å². The molecule has 4 heteroatoms. The lowest BCUT2D eigenvalue weighted by Crippen LogP contribution is -2.13. The third-order valence-corrected chi connectivity index (χ3v) is 9.91. The molecule has 2 saturated carbocycles. The molecule has 0 N–H and O–H groups in total. The number of hydrogen-bond acceptors (Lipinski definition) is 0. The molecule has 0 saturated heterocycles. The summed E-state index contributed by atoms with van der Waals surface area (Å²) in [6, 6.07) is 22.3. The van der Waals surface area contributed by atoms with E-state index in [2.05, 4.69) is 26.0 Å². The molecule has 0 spiro atoms. The maximum absolute atomic E-state index is 14.5. The van der Waals surface area contributed by atoms with Crippen molar-refractivity contribution in [1.29, 1.82) is 0 Å². The molecule has 44 heavy (non-hydrogen) atoms. The summed E-state index contributed by atoms with van der Waals surface area (Å²) in [4.78, 5) is 0. The van der Waals surface area contributed by atoms with Gasteiger partial charge >= 0.3 is 0 Å². The van der Waals surface area contributed by atoms with Gasteiger partial charge in [-0.1, -0.05) is 118 Å². The molecule has 0 unspecified atom stereocenters. The van der Waals surface area contributed by atoms with Crippen LogP contribution in [0.4, 0.5) is 17.6 Å². The van der Waals surface area contributed by atoms with Crippen LogP contribution in [-0.2, 0) is 0 Å². The largest absolute Gasteiger partial charge is 0.203 e. The third-order valence-electron chi connectivity index (χ3n) is 9.91. The molecule has 4 aromatic carbocycles. The zero-order valence-corrected chi connectivity index (χ0v) is 26.4. The van der Waals surface area contributed by atoms with Crippen LogP contribution in [0.2, 0.25) is 0 Å². The van der Waals surface area contributed by atoms with Crippen molar-refractivity contribution in [3.63, 3.8) is 0 Å². The van der Waals surface area contributed by atoms with Crippen LogP contribution >= 0.6 is 0 Å². The van der Waals surface area contributed by atoms with Gasteiger partial charge in [-0.3, -0.25) is 0 Å². The van der Waals surface area contributed by atoms with Crippen molar-refractivity contribution in [2.24, 2.45) is 11.8 Å². The smallest absolute Gasteiger partial charge is 0.166 e. The number of benzene rings is 4. The molecule has 2 aliphatic rings. The van der Waals surface area contributed by atoms with Crippen molar-refractivity contribution >= 4 is 0 Å². The van der Waals surface area contributed by atoms with Gasteiger partial charge in [0.2, 0.25) is 0 Å². The molecule has 0 atom stereocenters. The summed E-state index contributed by atoms with van der Waals surface area (Å²) in [7, 11) is 0. The van der Waals surface area contributed by atoms with Crippen LogP contribution in [0.3, 0.4) is 0 Å². The molecule has 0 radical (unpaired) electrons. The Morgan fingerprint density at radius 2 is 0.932 bits per heavy atom. The summed E-state index contributed by atoms with van der Waals surface area (Å²) in [6.07, 6.45) is 9.15. The Morgan fingerprint density at radius 1 is 0.477 bits per heavy atom. The SMILES string of the molecule is Cc1ccc(-c2ccc(C3CCC(C)CC3)c(F)c2F)cc1.Cc1ccc(-c2ccc(C3CCC(C)CC3)cc2)c(F)c1F.[HH]. The van der Waals surface area contributed by atoms with Gasteiger partial charge in [0.15, 0.2) is 23.3 Å². The monoisotopic (exact) mass is 602 g/mol. The van der Waals surface area contributed by atoms with Gasteiger partial charge in [-0.15, -0.1) is 0 Å². The van der Waals surface area contributed by atoms with Crippen LogP contribution in [0.15, 0.2) is 72.8 Å². The van der Waals surface area contributed by atoms with Gasteiger partial charge in [0.25, 0.3) is 0 Å². The van der Waals surface area contributed by atoms with Gasteiger partial charge in [0, 0.05) is 12.6 Å². The fourth-order valence-electron chi connectivity index (χ4n) is 6.80. The van der Waals surface area contributed by atoms with E-state index in [-0.39, 0.29) is 7.34 Å². The molecule has 0 aromatic heterocycles. The number of aryl methyl sites for hydroxylation is 2. The maximum atomic E-state index is 14.5. The lowest BCUT2D eigenvalue weighted by atomic mass is 9.79. The highest BCUT2D eigenvalue weighted by atomic mass is 19.2. The fourth-order valence-corrected chi connectivity index (χ4v) is 6.80. The standard InChI is InChI=1S/2C20H22F2.H2/c1-13-3-7-15(8-4-13)17-11-12-18(20(22)19(17)21)16-9-5-14(2)6-10-16;1-13-3-6-15(7-4-13)16-8-10-17(11-9-16)18-12-5-14(2)19(21)20(18)22;/h3-4,7-8,11-12,14,16H,5-6,9-10H2,1-2H3;5,8-13,15H,3-4,6-7H2,1-2H3;1H. The number of halogens is 4. The lowest BCUT2D eigenvalue weighted by molar-refractivity contribution is 0.339. The zero-order valence-electron chi connectivity index (χ0n) is 26.4. The van der Waals surface area contributed by atoms with Crippen LogP contribution < -0.4 is 0 Å². The van der Waals surface area contributed by atoms with Gasteiger partial charge in [0.05, 0.1) is 0 Å². The Morgan fingerprint density at radius 3 is 1.48 bits per heavy atom. The Balaban J connectivity index is 0.000000200. The minimum atomic E-state index is -0.751. The zero-order chi connectivity index (χ0) is 31.4. The molecular weight excluding hydrogens is 556 g/mol. The van der Waals surface area contributed by atoms with Crippen LogP contribution in [-0.4, -0.2) is 0 Å². The van der Waals surface area contributed by atoms with E-state index in [1.165, 1.54) is 31.2 Å². The van der Waals surface area contributed by atoms with E-state index in [1.807, 2.05) is 43.3 Å². The summed E-state index contributed by atoms with van der Waals surface area (Å²) >= 11 is 0. The van der Waals surface area contributed by atoms with E-state index < -0.39 is 23.3 Å². The molecule has 4 aromatic rings. The summed E-state index contributed by atoms with van der Waals surface area (Å²) in [6.45, 7) is 8.10. The van der Waals surface area contributed by atoms with Gasteiger partial charge in [-0.25, -0.2) is 17.6 Å². The second-order valence-corrected chi connectivity index (χ2v) is 13.3. The number of hydrogen-bond donors (Lipinski definition) is 0. The second kappa shape index (κ2) is 14.1. The molecule has 0 bridgehead atoms. The van der Waals surface area contributed by atoms with Crippen molar-refractivity contribution < 1.29 is 19.0 Å². The third kappa shape index (κ3) is 7.28. The predicted molar refractivity (Wildman–Crippen MR) is 176 cm³/mol.